The summed E-state index contributed by atoms with van der Waals surface area (Å²) in [5, 5.41) is 0. The molecule has 10 nitrogen and oxygen atoms in total. The molecular weight excluding hydrogens is 690 g/mol. The van der Waals surface area contributed by atoms with Gasteiger partial charge in [0, 0.05) is 26.4 Å². The van der Waals surface area contributed by atoms with Gasteiger partial charge in [-0.05, 0) is 25.7 Å². The van der Waals surface area contributed by atoms with Crippen LogP contribution < -0.4 is 0 Å². The molecular formula is C35H74Na2O10S2. The Morgan fingerprint density at radius 2 is 0.612 bits per heavy atom. The van der Waals surface area contributed by atoms with Gasteiger partial charge in [-0.1, -0.05) is 129 Å². The molecule has 0 radical (unpaired) electrons. The van der Waals surface area contributed by atoms with Crippen LogP contribution in [0, 0.1) is 5.41 Å². The van der Waals surface area contributed by atoms with Crippen molar-refractivity contribution in [3.8, 4) is 0 Å². The molecule has 0 aliphatic heterocycles. The second-order valence-corrected chi connectivity index (χ2v) is 16.5. The number of hydrogen-bond acceptors (Lipinski definition) is 8. The molecule has 0 aromatic rings. The average Bonchev–Trinajstić information content (AvgIpc) is 3.00. The molecule has 0 bridgehead atoms. The summed E-state index contributed by atoms with van der Waals surface area (Å²) >= 11 is 0. The van der Waals surface area contributed by atoms with Gasteiger partial charge >= 0.3 is 59.1 Å². The number of hydrogen-bond donors (Lipinski definition) is 2. The summed E-state index contributed by atoms with van der Waals surface area (Å²) in [5.41, 5.74) is -0.673. The first kappa shape index (κ1) is 55.0. The Labute approximate surface area is 346 Å². The van der Waals surface area contributed by atoms with Crippen LogP contribution in [0.1, 0.15) is 155 Å². The van der Waals surface area contributed by atoms with E-state index in [4.69, 9.17) is 28.1 Å². The third kappa shape index (κ3) is 42.3. The van der Waals surface area contributed by atoms with Crippen molar-refractivity contribution in [1.29, 1.82) is 0 Å². The van der Waals surface area contributed by atoms with Gasteiger partial charge in [0.1, 0.15) is 0 Å². The third-order valence-corrected chi connectivity index (χ3v) is 9.91. The quantitative estimate of drug-likeness (QED) is 0.0378. The molecule has 0 saturated heterocycles. The van der Waals surface area contributed by atoms with E-state index in [0.29, 0.717) is 26.4 Å². The van der Waals surface area contributed by atoms with Crippen molar-refractivity contribution in [1.82, 2.24) is 0 Å². The van der Waals surface area contributed by atoms with Crippen LogP contribution in [-0.2, 0) is 39.2 Å². The minimum atomic E-state index is -4.07. The normalized spacial score (nSPS) is 12.2. The Morgan fingerprint density at radius 3 is 0.857 bits per heavy atom. The summed E-state index contributed by atoms with van der Waals surface area (Å²) < 4.78 is 86.6. The van der Waals surface area contributed by atoms with Crippen molar-refractivity contribution >= 4 is 79.4 Å². The number of rotatable bonds is 38. The molecule has 0 amide bonds. The summed E-state index contributed by atoms with van der Waals surface area (Å²) in [6.07, 6.45) is 25.0. The second kappa shape index (κ2) is 38.0. The summed E-state index contributed by atoms with van der Waals surface area (Å²) in [5.74, 6) is -0.757. The van der Waals surface area contributed by atoms with E-state index in [1.807, 2.05) is 0 Å². The fraction of sp³-hybridized carbons (Fsp3) is 1.00. The van der Waals surface area contributed by atoms with Gasteiger partial charge in [0.15, 0.2) is 0 Å². The predicted octanol–water partition coefficient (Wildman–Crippen LogP) is 7.14. The van der Waals surface area contributed by atoms with E-state index >= 15 is 0 Å². The summed E-state index contributed by atoms with van der Waals surface area (Å²) in [6.45, 7) is 6.99. The van der Waals surface area contributed by atoms with E-state index in [9.17, 15) is 16.8 Å². The molecule has 2 N–H and O–H groups in total. The molecule has 49 heavy (non-hydrogen) atoms. The van der Waals surface area contributed by atoms with Gasteiger partial charge in [0.2, 0.25) is 0 Å². The maximum absolute atomic E-state index is 11.1. The van der Waals surface area contributed by atoms with Crippen molar-refractivity contribution in [2.24, 2.45) is 5.41 Å². The van der Waals surface area contributed by atoms with Gasteiger partial charge in [0.25, 0.3) is 20.2 Å². The monoisotopic (exact) mass is 764 g/mol. The SMILES string of the molecule is CCCCCCCCCCCCOCC(COCCCCCCCCCCCC)(COCCCS(=O)(=O)O)COCCCS(=O)(=O)O.[NaH].[NaH]. The van der Waals surface area contributed by atoms with Gasteiger partial charge in [-0.25, -0.2) is 0 Å². The molecule has 0 rings (SSSR count). The Morgan fingerprint density at radius 1 is 0.388 bits per heavy atom. The van der Waals surface area contributed by atoms with Gasteiger partial charge in [-0.3, -0.25) is 9.11 Å². The standard InChI is InChI=1S/C35H72O10S2.2Na.2H/c1-3-5-7-9-11-13-15-17-19-21-25-42-31-35(33-44-27-23-29-46(36,37)38,34-45-28-24-30-47(39,40)41)32-43-26-22-20-18-16-14-12-10-8-6-4-2;;;;/h3-34H2,1-2H3,(H,36,37,38)(H,39,40,41);;;;. The summed E-state index contributed by atoms with van der Waals surface area (Å²) in [4.78, 5) is 0. The fourth-order valence-corrected chi connectivity index (χ4v) is 6.44. The molecule has 0 aliphatic rings. The zero-order chi connectivity index (χ0) is 35.0. The maximum atomic E-state index is 11.1. The zero-order valence-corrected chi connectivity index (χ0v) is 31.7. The first-order chi connectivity index (χ1) is 22.5. The van der Waals surface area contributed by atoms with Gasteiger partial charge < -0.3 is 18.9 Å². The van der Waals surface area contributed by atoms with E-state index in [2.05, 4.69) is 13.8 Å². The Balaban J connectivity index is -0.0000106. The van der Waals surface area contributed by atoms with Crippen molar-refractivity contribution in [2.75, 3.05) is 64.4 Å². The molecule has 288 valence electrons. The Hall–Kier alpha value is 1.66. The van der Waals surface area contributed by atoms with E-state index in [0.717, 1.165) is 25.7 Å². The molecule has 0 fully saturated rings. The van der Waals surface area contributed by atoms with Gasteiger partial charge in [0.05, 0.1) is 43.3 Å². The Kier molecular flexibility index (Phi) is 42.6. The van der Waals surface area contributed by atoms with Crippen LogP contribution in [-0.4, -0.2) is 149 Å². The van der Waals surface area contributed by atoms with Crippen LogP contribution in [0.15, 0.2) is 0 Å². The molecule has 0 aliphatic carbocycles. The predicted molar refractivity (Wildman–Crippen MR) is 206 cm³/mol. The first-order valence-corrected chi connectivity index (χ1v) is 22.0. The molecule has 0 aromatic heterocycles. The van der Waals surface area contributed by atoms with Crippen LogP contribution >= 0.6 is 0 Å². The van der Waals surface area contributed by atoms with Crippen molar-refractivity contribution in [3.63, 3.8) is 0 Å². The number of ether oxygens (including phenoxy) is 4. The van der Waals surface area contributed by atoms with Crippen LogP contribution in [0.4, 0.5) is 0 Å². The average molecular weight is 765 g/mol. The van der Waals surface area contributed by atoms with Crippen LogP contribution in [0.2, 0.25) is 0 Å². The fourth-order valence-electron chi connectivity index (χ4n) is 5.47. The van der Waals surface area contributed by atoms with E-state index in [-0.39, 0.29) is 110 Å². The molecule has 0 saturated carbocycles. The molecule has 0 unspecified atom stereocenters. The Bertz CT molecular complexity index is 821. The second-order valence-electron chi connectivity index (χ2n) is 13.4. The molecule has 0 heterocycles. The van der Waals surface area contributed by atoms with Crippen molar-refractivity contribution in [2.45, 2.75) is 155 Å². The van der Waals surface area contributed by atoms with E-state index < -0.39 is 25.7 Å². The number of unbranched alkanes of at least 4 members (excludes halogenated alkanes) is 18. The topological polar surface area (TPSA) is 146 Å². The van der Waals surface area contributed by atoms with E-state index in [1.165, 1.54) is 103 Å². The molecule has 14 heteroatoms. The summed E-state index contributed by atoms with van der Waals surface area (Å²) in [7, 11) is -8.13. The van der Waals surface area contributed by atoms with Crippen molar-refractivity contribution in [3.05, 3.63) is 0 Å². The minimum absolute atomic E-state index is 0. The summed E-state index contributed by atoms with van der Waals surface area (Å²) in [6, 6.07) is 0. The van der Waals surface area contributed by atoms with Gasteiger partial charge in [-0.2, -0.15) is 16.8 Å². The van der Waals surface area contributed by atoms with E-state index in [1.54, 1.807) is 0 Å². The van der Waals surface area contributed by atoms with Crippen LogP contribution in [0.5, 0.6) is 0 Å². The van der Waals surface area contributed by atoms with Gasteiger partial charge in [-0.15, -0.1) is 0 Å². The van der Waals surface area contributed by atoms with Crippen LogP contribution in [0.3, 0.4) is 0 Å². The first-order valence-electron chi connectivity index (χ1n) is 18.7. The molecule has 0 atom stereocenters. The molecule has 0 spiro atoms. The van der Waals surface area contributed by atoms with Crippen molar-refractivity contribution < 1.29 is 44.9 Å². The van der Waals surface area contributed by atoms with Crippen LogP contribution in [0.25, 0.3) is 0 Å². The zero-order valence-electron chi connectivity index (χ0n) is 30.1. The molecule has 0 aromatic carbocycles. The third-order valence-electron chi connectivity index (χ3n) is 8.30.